The van der Waals surface area contributed by atoms with E-state index in [4.69, 9.17) is 34.8 Å². The number of nitrogens with zero attached hydrogens (tertiary/aromatic N) is 1. The van der Waals surface area contributed by atoms with Crippen molar-refractivity contribution in [3.05, 3.63) is 30.1 Å². The van der Waals surface area contributed by atoms with Crippen molar-refractivity contribution < 1.29 is 0 Å². The molecule has 0 spiro atoms. The van der Waals surface area contributed by atoms with Crippen LogP contribution in [0.1, 0.15) is 5.56 Å². The number of hydrogen-bond acceptors (Lipinski definition) is 1. The summed E-state index contributed by atoms with van der Waals surface area (Å²) in [5.41, 5.74) is 0.583. The third kappa shape index (κ3) is 2.01. The third-order valence-corrected chi connectivity index (χ3v) is 1.64. The van der Waals surface area contributed by atoms with Crippen LogP contribution >= 0.6 is 34.8 Å². The minimum atomic E-state index is -1.35. The van der Waals surface area contributed by atoms with Crippen molar-refractivity contribution in [1.29, 1.82) is 0 Å². The molecule has 10 heavy (non-hydrogen) atoms. The van der Waals surface area contributed by atoms with Gasteiger partial charge in [0.25, 0.3) is 0 Å². The van der Waals surface area contributed by atoms with Crippen molar-refractivity contribution in [2.24, 2.45) is 0 Å². The molecule has 1 nitrogen and oxygen atoms in total. The molecule has 0 N–H and O–H groups in total. The monoisotopic (exact) mass is 195 g/mol. The third-order valence-electron chi connectivity index (χ3n) is 0.989. The summed E-state index contributed by atoms with van der Waals surface area (Å²) in [5.74, 6) is 0. The van der Waals surface area contributed by atoms with Crippen molar-refractivity contribution in [3.8, 4) is 0 Å². The zero-order chi connectivity index (χ0) is 7.61. The van der Waals surface area contributed by atoms with E-state index in [1.165, 1.54) is 6.20 Å². The summed E-state index contributed by atoms with van der Waals surface area (Å²) >= 11 is 16.6. The van der Waals surface area contributed by atoms with Gasteiger partial charge in [0.15, 0.2) is 0 Å². The SMILES string of the molecule is ClC(Cl)(Cl)c1cccnc1. The fourth-order valence-corrected chi connectivity index (χ4v) is 0.866. The summed E-state index contributed by atoms with van der Waals surface area (Å²) in [5, 5.41) is 0. The summed E-state index contributed by atoms with van der Waals surface area (Å²) in [6.45, 7) is 0. The van der Waals surface area contributed by atoms with Gasteiger partial charge in [0, 0.05) is 18.0 Å². The first-order valence-electron chi connectivity index (χ1n) is 2.58. The number of halogens is 3. The molecule has 0 aromatic carbocycles. The second-order valence-electron chi connectivity index (χ2n) is 1.74. The highest BCUT2D eigenvalue weighted by molar-refractivity contribution is 6.66. The quantitative estimate of drug-likeness (QED) is 0.582. The van der Waals surface area contributed by atoms with Crippen molar-refractivity contribution in [1.82, 2.24) is 4.98 Å². The van der Waals surface area contributed by atoms with Crippen LogP contribution in [0.25, 0.3) is 0 Å². The van der Waals surface area contributed by atoms with E-state index in [0.29, 0.717) is 5.56 Å². The molecule has 54 valence electrons. The first-order valence-corrected chi connectivity index (χ1v) is 3.71. The lowest BCUT2D eigenvalue weighted by Crippen LogP contribution is -1.99. The Kier molecular flexibility index (Phi) is 2.40. The molecule has 0 saturated carbocycles. The van der Waals surface area contributed by atoms with E-state index in [-0.39, 0.29) is 0 Å². The van der Waals surface area contributed by atoms with Crippen LogP contribution in [0.15, 0.2) is 24.5 Å². The first kappa shape index (κ1) is 8.12. The van der Waals surface area contributed by atoms with Gasteiger partial charge in [-0.25, -0.2) is 0 Å². The van der Waals surface area contributed by atoms with Gasteiger partial charge in [-0.05, 0) is 6.07 Å². The van der Waals surface area contributed by atoms with Crippen LogP contribution in [-0.4, -0.2) is 4.98 Å². The largest absolute Gasteiger partial charge is 0.264 e. The summed E-state index contributed by atoms with van der Waals surface area (Å²) < 4.78 is -1.35. The predicted octanol–water partition coefficient (Wildman–Crippen LogP) is 2.91. The van der Waals surface area contributed by atoms with Crippen LogP contribution in [-0.2, 0) is 3.79 Å². The van der Waals surface area contributed by atoms with Crippen molar-refractivity contribution >= 4 is 34.8 Å². The number of rotatable bonds is 0. The highest BCUT2D eigenvalue weighted by Crippen LogP contribution is 2.37. The van der Waals surface area contributed by atoms with Crippen LogP contribution < -0.4 is 0 Å². The maximum Gasteiger partial charge on any atom is 0.217 e. The maximum atomic E-state index is 5.55. The summed E-state index contributed by atoms with van der Waals surface area (Å²) in [6.07, 6.45) is 3.15. The van der Waals surface area contributed by atoms with Gasteiger partial charge in [0.1, 0.15) is 0 Å². The van der Waals surface area contributed by atoms with E-state index in [9.17, 15) is 0 Å². The fraction of sp³-hybridized carbons (Fsp3) is 0.167. The molecule has 0 unspecified atom stereocenters. The van der Waals surface area contributed by atoms with Crippen molar-refractivity contribution in [2.45, 2.75) is 3.79 Å². The van der Waals surface area contributed by atoms with E-state index in [1.54, 1.807) is 18.3 Å². The maximum absolute atomic E-state index is 5.55. The van der Waals surface area contributed by atoms with Gasteiger partial charge in [-0.3, -0.25) is 4.98 Å². The van der Waals surface area contributed by atoms with Crippen LogP contribution in [0.2, 0.25) is 0 Å². The Morgan fingerprint density at radius 2 is 2.00 bits per heavy atom. The first-order chi connectivity index (χ1) is 4.61. The van der Waals surface area contributed by atoms with E-state index in [2.05, 4.69) is 4.98 Å². The van der Waals surface area contributed by atoms with Crippen LogP contribution in [0.3, 0.4) is 0 Å². The number of hydrogen-bond donors (Lipinski definition) is 0. The summed E-state index contributed by atoms with van der Waals surface area (Å²) in [4.78, 5) is 3.80. The molecule has 0 amide bonds. The lowest BCUT2D eigenvalue weighted by Gasteiger charge is -2.08. The average molecular weight is 196 g/mol. The molecule has 0 aliphatic rings. The fourth-order valence-electron chi connectivity index (χ4n) is 0.530. The van der Waals surface area contributed by atoms with Crippen LogP contribution in [0, 0.1) is 0 Å². The second-order valence-corrected chi connectivity index (χ2v) is 4.02. The van der Waals surface area contributed by atoms with Crippen LogP contribution in [0.5, 0.6) is 0 Å². The highest BCUT2D eigenvalue weighted by Gasteiger charge is 2.21. The Morgan fingerprint density at radius 1 is 1.30 bits per heavy atom. The van der Waals surface area contributed by atoms with Gasteiger partial charge in [-0.15, -0.1) is 0 Å². The van der Waals surface area contributed by atoms with Crippen molar-refractivity contribution in [3.63, 3.8) is 0 Å². The van der Waals surface area contributed by atoms with E-state index in [0.717, 1.165) is 0 Å². The molecule has 1 aromatic rings. The zero-order valence-corrected chi connectivity index (χ0v) is 7.16. The Morgan fingerprint density at radius 3 is 2.30 bits per heavy atom. The molecular weight excluding hydrogens is 192 g/mol. The highest BCUT2D eigenvalue weighted by atomic mass is 35.6. The standard InChI is InChI=1S/C6H4Cl3N/c7-6(8,9)5-2-1-3-10-4-5/h1-4H. The number of pyridine rings is 1. The number of alkyl halides is 3. The Labute approximate surface area is 73.9 Å². The van der Waals surface area contributed by atoms with E-state index >= 15 is 0 Å². The molecule has 1 aromatic heterocycles. The van der Waals surface area contributed by atoms with Gasteiger partial charge in [0.2, 0.25) is 3.79 Å². The summed E-state index contributed by atoms with van der Waals surface area (Å²) in [6, 6.07) is 3.43. The Hall–Kier alpha value is 0.0200. The summed E-state index contributed by atoms with van der Waals surface area (Å²) in [7, 11) is 0. The molecule has 0 saturated heterocycles. The van der Waals surface area contributed by atoms with Gasteiger partial charge in [-0.2, -0.15) is 0 Å². The Bertz CT molecular complexity index is 204. The van der Waals surface area contributed by atoms with Gasteiger partial charge < -0.3 is 0 Å². The zero-order valence-electron chi connectivity index (χ0n) is 4.89. The molecule has 0 aliphatic heterocycles. The minimum Gasteiger partial charge on any atom is -0.264 e. The molecule has 0 atom stereocenters. The van der Waals surface area contributed by atoms with Crippen LogP contribution in [0.4, 0.5) is 0 Å². The molecule has 0 fully saturated rings. The van der Waals surface area contributed by atoms with Gasteiger partial charge in [0.05, 0.1) is 0 Å². The van der Waals surface area contributed by atoms with E-state index < -0.39 is 3.79 Å². The molecule has 1 rings (SSSR count). The van der Waals surface area contributed by atoms with E-state index in [1.807, 2.05) is 0 Å². The smallest absolute Gasteiger partial charge is 0.217 e. The predicted molar refractivity (Wildman–Crippen MR) is 43.5 cm³/mol. The lowest BCUT2D eigenvalue weighted by molar-refractivity contribution is 1.17. The molecule has 1 heterocycles. The molecule has 0 radical (unpaired) electrons. The molecule has 0 aliphatic carbocycles. The van der Waals surface area contributed by atoms with Gasteiger partial charge in [-0.1, -0.05) is 40.9 Å². The molecular formula is C6H4Cl3N. The van der Waals surface area contributed by atoms with Crippen molar-refractivity contribution in [2.75, 3.05) is 0 Å². The Balaban J connectivity index is 2.97. The molecule has 4 heteroatoms. The normalized spacial score (nSPS) is 11.5. The minimum absolute atomic E-state index is 0.583. The average Bonchev–Trinajstić information content (AvgIpc) is 1.88. The number of aromatic nitrogens is 1. The van der Waals surface area contributed by atoms with Gasteiger partial charge >= 0.3 is 0 Å². The molecule has 0 bridgehead atoms. The second kappa shape index (κ2) is 2.95. The topological polar surface area (TPSA) is 12.9 Å². The lowest BCUT2D eigenvalue weighted by atomic mass is 10.3.